The Kier molecular flexibility index (Phi) is 4.92. The molecule has 0 saturated heterocycles. The van der Waals surface area contributed by atoms with Crippen molar-refractivity contribution in [1.82, 2.24) is 9.78 Å². The minimum atomic E-state index is -4.46. The SMILES string of the molecule is O=C(Nc1ccccc1OCC(F)(F)F)c1ccc(-n2cccn2)cc1. The molecular formula is C18H14F3N3O2. The molecule has 0 aliphatic rings. The molecule has 0 aliphatic heterocycles. The van der Waals surface area contributed by atoms with E-state index in [1.54, 1.807) is 53.5 Å². The van der Waals surface area contributed by atoms with Gasteiger partial charge in [0.15, 0.2) is 6.61 Å². The minimum Gasteiger partial charge on any atom is -0.482 e. The molecule has 0 radical (unpaired) electrons. The van der Waals surface area contributed by atoms with E-state index in [1.165, 1.54) is 18.2 Å². The third-order valence-corrected chi connectivity index (χ3v) is 3.43. The van der Waals surface area contributed by atoms with Crippen LogP contribution >= 0.6 is 0 Å². The van der Waals surface area contributed by atoms with Gasteiger partial charge in [0.25, 0.3) is 5.91 Å². The first kappa shape index (κ1) is 17.5. The molecule has 1 N–H and O–H groups in total. The standard InChI is InChI=1S/C18H14F3N3O2/c19-18(20,21)12-26-16-5-2-1-4-15(16)23-17(25)13-6-8-14(9-7-13)24-11-3-10-22-24/h1-11H,12H2,(H,23,25). The second kappa shape index (κ2) is 7.30. The van der Waals surface area contributed by atoms with Crippen molar-refractivity contribution >= 4 is 11.6 Å². The molecular weight excluding hydrogens is 347 g/mol. The first-order chi connectivity index (χ1) is 12.4. The van der Waals surface area contributed by atoms with E-state index >= 15 is 0 Å². The molecule has 1 aromatic heterocycles. The fourth-order valence-electron chi connectivity index (χ4n) is 2.24. The zero-order valence-electron chi connectivity index (χ0n) is 13.4. The van der Waals surface area contributed by atoms with E-state index in [1.807, 2.05) is 0 Å². The molecule has 0 atom stereocenters. The average Bonchev–Trinajstić information content (AvgIpc) is 3.15. The molecule has 0 spiro atoms. The van der Waals surface area contributed by atoms with Gasteiger partial charge in [0.2, 0.25) is 0 Å². The molecule has 3 aromatic rings. The summed E-state index contributed by atoms with van der Waals surface area (Å²) in [7, 11) is 0. The van der Waals surface area contributed by atoms with Crippen LogP contribution in [0.25, 0.3) is 5.69 Å². The number of ether oxygens (including phenoxy) is 1. The number of para-hydroxylation sites is 2. The van der Waals surface area contributed by atoms with E-state index in [0.717, 1.165) is 5.69 Å². The molecule has 8 heteroatoms. The number of alkyl halides is 3. The van der Waals surface area contributed by atoms with Crippen LogP contribution in [-0.4, -0.2) is 28.5 Å². The largest absolute Gasteiger partial charge is 0.482 e. The number of carbonyl (C=O) groups excluding carboxylic acids is 1. The highest BCUT2D eigenvalue weighted by Gasteiger charge is 2.28. The summed E-state index contributed by atoms with van der Waals surface area (Å²) >= 11 is 0. The van der Waals surface area contributed by atoms with Gasteiger partial charge in [0.1, 0.15) is 5.75 Å². The van der Waals surface area contributed by atoms with E-state index in [2.05, 4.69) is 10.4 Å². The van der Waals surface area contributed by atoms with Crippen molar-refractivity contribution in [2.45, 2.75) is 6.18 Å². The van der Waals surface area contributed by atoms with Crippen LogP contribution in [0.15, 0.2) is 67.0 Å². The van der Waals surface area contributed by atoms with Gasteiger partial charge in [-0.15, -0.1) is 0 Å². The van der Waals surface area contributed by atoms with Crippen LogP contribution in [-0.2, 0) is 0 Å². The van der Waals surface area contributed by atoms with Crippen LogP contribution < -0.4 is 10.1 Å². The van der Waals surface area contributed by atoms with E-state index in [0.29, 0.717) is 5.56 Å². The summed E-state index contributed by atoms with van der Waals surface area (Å²) in [6.45, 7) is -1.43. The van der Waals surface area contributed by atoms with E-state index < -0.39 is 18.7 Å². The van der Waals surface area contributed by atoms with Crippen molar-refractivity contribution < 1.29 is 22.7 Å². The molecule has 0 bridgehead atoms. The highest BCUT2D eigenvalue weighted by atomic mass is 19.4. The molecule has 0 saturated carbocycles. The van der Waals surface area contributed by atoms with Gasteiger partial charge < -0.3 is 10.1 Å². The Hall–Kier alpha value is -3.29. The normalized spacial score (nSPS) is 11.2. The summed E-state index contributed by atoms with van der Waals surface area (Å²) in [5.41, 5.74) is 1.30. The van der Waals surface area contributed by atoms with Crippen molar-refractivity contribution in [2.75, 3.05) is 11.9 Å². The number of anilines is 1. The monoisotopic (exact) mass is 361 g/mol. The van der Waals surface area contributed by atoms with Crippen LogP contribution in [0.1, 0.15) is 10.4 Å². The first-order valence-corrected chi connectivity index (χ1v) is 7.62. The molecule has 1 heterocycles. The van der Waals surface area contributed by atoms with Gasteiger partial charge in [0.05, 0.1) is 11.4 Å². The minimum absolute atomic E-state index is 0.0497. The first-order valence-electron chi connectivity index (χ1n) is 7.62. The van der Waals surface area contributed by atoms with Crippen LogP contribution in [0, 0.1) is 0 Å². The number of nitrogens with zero attached hydrogens (tertiary/aromatic N) is 2. The second-order valence-corrected chi connectivity index (χ2v) is 5.35. The fraction of sp³-hybridized carbons (Fsp3) is 0.111. The maximum absolute atomic E-state index is 12.4. The van der Waals surface area contributed by atoms with E-state index in [9.17, 15) is 18.0 Å². The molecule has 1 amide bonds. The van der Waals surface area contributed by atoms with E-state index in [4.69, 9.17) is 4.74 Å². The zero-order valence-corrected chi connectivity index (χ0v) is 13.4. The topological polar surface area (TPSA) is 56.1 Å². The lowest BCUT2D eigenvalue weighted by Gasteiger charge is -2.14. The number of rotatable bonds is 5. The van der Waals surface area contributed by atoms with Crippen LogP contribution in [0.2, 0.25) is 0 Å². The Morgan fingerprint density at radius 1 is 1.08 bits per heavy atom. The number of aromatic nitrogens is 2. The lowest BCUT2D eigenvalue weighted by molar-refractivity contribution is -0.153. The Morgan fingerprint density at radius 3 is 2.46 bits per heavy atom. The summed E-state index contributed by atoms with van der Waals surface area (Å²) in [5, 5.41) is 6.65. The van der Waals surface area contributed by atoms with E-state index in [-0.39, 0.29) is 11.4 Å². The van der Waals surface area contributed by atoms with Gasteiger partial charge in [-0.1, -0.05) is 12.1 Å². The molecule has 0 fully saturated rings. The van der Waals surface area contributed by atoms with Gasteiger partial charge in [-0.05, 0) is 42.5 Å². The molecule has 134 valence electrons. The van der Waals surface area contributed by atoms with Crippen molar-refractivity contribution in [3.05, 3.63) is 72.6 Å². The smallest absolute Gasteiger partial charge is 0.422 e. The van der Waals surface area contributed by atoms with Crippen LogP contribution in [0.5, 0.6) is 5.75 Å². The molecule has 0 aliphatic carbocycles. The lowest BCUT2D eigenvalue weighted by Crippen LogP contribution is -2.20. The third kappa shape index (κ3) is 4.41. The van der Waals surface area contributed by atoms with Gasteiger partial charge in [-0.2, -0.15) is 18.3 Å². The fourth-order valence-corrected chi connectivity index (χ4v) is 2.24. The predicted octanol–water partition coefficient (Wildman–Crippen LogP) is 4.07. The van der Waals surface area contributed by atoms with Crippen molar-refractivity contribution in [1.29, 1.82) is 0 Å². The molecule has 5 nitrogen and oxygen atoms in total. The van der Waals surface area contributed by atoms with Crippen molar-refractivity contribution in [2.24, 2.45) is 0 Å². The maximum atomic E-state index is 12.4. The van der Waals surface area contributed by atoms with Crippen LogP contribution in [0.3, 0.4) is 0 Å². The quantitative estimate of drug-likeness (QED) is 0.745. The summed E-state index contributed by atoms with van der Waals surface area (Å²) in [6.07, 6.45) is -1.05. The number of carbonyl (C=O) groups is 1. The lowest BCUT2D eigenvalue weighted by atomic mass is 10.2. The Balaban J connectivity index is 1.72. The molecule has 3 rings (SSSR count). The third-order valence-electron chi connectivity index (χ3n) is 3.43. The number of benzene rings is 2. The molecule has 2 aromatic carbocycles. The van der Waals surface area contributed by atoms with Gasteiger partial charge >= 0.3 is 6.18 Å². The Labute approximate surface area is 147 Å². The maximum Gasteiger partial charge on any atom is 0.422 e. The van der Waals surface area contributed by atoms with Crippen molar-refractivity contribution in [3.8, 4) is 11.4 Å². The summed E-state index contributed by atoms with van der Waals surface area (Å²) in [5.74, 6) is -0.508. The predicted molar refractivity (Wildman–Crippen MR) is 89.5 cm³/mol. The molecule has 26 heavy (non-hydrogen) atoms. The second-order valence-electron chi connectivity index (χ2n) is 5.35. The summed E-state index contributed by atoms with van der Waals surface area (Å²) in [4.78, 5) is 12.4. The number of hydrogen-bond donors (Lipinski definition) is 1. The van der Waals surface area contributed by atoms with Crippen LogP contribution in [0.4, 0.5) is 18.9 Å². The highest BCUT2D eigenvalue weighted by molar-refractivity contribution is 6.05. The number of nitrogens with one attached hydrogen (secondary N) is 1. The molecule has 0 unspecified atom stereocenters. The zero-order chi connectivity index (χ0) is 18.6. The highest BCUT2D eigenvalue weighted by Crippen LogP contribution is 2.26. The van der Waals surface area contributed by atoms with Gasteiger partial charge in [-0.3, -0.25) is 4.79 Å². The Morgan fingerprint density at radius 2 is 1.81 bits per heavy atom. The van der Waals surface area contributed by atoms with Crippen molar-refractivity contribution in [3.63, 3.8) is 0 Å². The number of halogens is 3. The van der Waals surface area contributed by atoms with Gasteiger partial charge in [-0.25, -0.2) is 4.68 Å². The number of hydrogen-bond acceptors (Lipinski definition) is 3. The number of amides is 1. The van der Waals surface area contributed by atoms with Gasteiger partial charge in [0, 0.05) is 18.0 Å². The summed E-state index contributed by atoms with van der Waals surface area (Å²) in [6, 6.07) is 14.4. The Bertz CT molecular complexity index is 875. The summed E-state index contributed by atoms with van der Waals surface area (Å²) < 4.78 is 43.4. The average molecular weight is 361 g/mol.